The van der Waals surface area contributed by atoms with E-state index >= 15 is 0 Å². The van der Waals surface area contributed by atoms with Gasteiger partial charge in [0, 0.05) is 11.6 Å². The number of benzene rings is 3. The standard InChI is InChI=1S/C22H18Cl2N2O5S/c23-16-7-8-18(24)19(11-16)26(32(28,29)17-4-2-1-3-5-17)13-22(27)25-12-15-6-9-20-21(10-15)31-14-30-20/h1-11H,12-14H2,(H,25,27). The number of nitrogens with zero attached hydrogens (tertiary/aromatic N) is 1. The van der Waals surface area contributed by atoms with E-state index in [-0.39, 0.29) is 28.9 Å². The van der Waals surface area contributed by atoms with Crippen LogP contribution in [0.5, 0.6) is 11.5 Å². The lowest BCUT2D eigenvalue weighted by Crippen LogP contribution is -2.40. The number of hydrogen-bond donors (Lipinski definition) is 1. The van der Waals surface area contributed by atoms with E-state index < -0.39 is 22.5 Å². The monoisotopic (exact) mass is 492 g/mol. The van der Waals surface area contributed by atoms with Crippen molar-refractivity contribution in [2.24, 2.45) is 0 Å². The molecule has 0 bridgehead atoms. The van der Waals surface area contributed by atoms with E-state index in [0.29, 0.717) is 16.5 Å². The molecule has 1 aliphatic heterocycles. The SMILES string of the molecule is O=C(CN(c1cc(Cl)ccc1Cl)S(=O)(=O)c1ccccc1)NCc1ccc2c(c1)OCO2. The molecule has 3 aromatic rings. The zero-order valence-electron chi connectivity index (χ0n) is 16.6. The van der Waals surface area contributed by atoms with Crippen LogP contribution in [0, 0.1) is 0 Å². The number of amides is 1. The van der Waals surface area contributed by atoms with E-state index in [4.69, 9.17) is 32.7 Å². The minimum Gasteiger partial charge on any atom is -0.454 e. The molecule has 4 rings (SSSR count). The van der Waals surface area contributed by atoms with Crippen molar-refractivity contribution in [2.45, 2.75) is 11.4 Å². The van der Waals surface area contributed by atoms with Crippen LogP contribution in [0.3, 0.4) is 0 Å². The molecule has 1 N–H and O–H groups in total. The summed E-state index contributed by atoms with van der Waals surface area (Å²) in [5.41, 5.74) is 0.891. The molecule has 1 aliphatic rings. The summed E-state index contributed by atoms with van der Waals surface area (Å²) in [6.45, 7) is -0.155. The fourth-order valence-electron chi connectivity index (χ4n) is 3.13. The van der Waals surface area contributed by atoms with Crippen molar-refractivity contribution >= 4 is 44.8 Å². The molecule has 0 spiro atoms. The zero-order valence-corrected chi connectivity index (χ0v) is 19.0. The maximum atomic E-state index is 13.3. The van der Waals surface area contributed by atoms with Crippen molar-refractivity contribution < 1.29 is 22.7 Å². The highest BCUT2D eigenvalue weighted by molar-refractivity contribution is 7.92. The molecule has 166 valence electrons. The number of fused-ring (bicyclic) bond motifs is 1. The second-order valence-electron chi connectivity index (χ2n) is 6.88. The molecular weight excluding hydrogens is 475 g/mol. The van der Waals surface area contributed by atoms with Crippen LogP contribution >= 0.6 is 23.2 Å². The molecule has 0 saturated heterocycles. The molecule has 0 atom stereocenters. The summed E-state index contributed by atoms with van der Waals surface area (Å²) in [6, 6.07) is 17.5. The van der Waals surface area contributed by atoms with Crippen LogP contribution in [-0.2, 0) is 21.4 Å². The number of sulfonamides is 1. The number of anilines is 1. The van der Waals surface area contributed by atoms with Crippen LogP contribution in [-0.4, -0.2) is 27.7 Å². The maximum Gasteiger partial charge on any atom is 0.264 e. The van der Waals surface area contributed by atoms with Gasteiger partial charge in [0.1, 0.15) is 6.54 Å². The lowest BCUT2D eigenvalue weighted by Gasteiger charge is -2.25. The Balaban J connectivity index is 1.57. The number of ether oxygens (including phenoxy) is 2. The number of rotatable bonds is 7. The molecule has 0 aromatic heterocycles. The molecule has 32 heavy (non-hydrogen) atoms. The minimum absolute atomic E-state index is 0.0274. The number of nitrogens with one attached hydrogen (secondary N) is 1. The van der Waals surface area contributed by atoms with Gasteiger partial charge in [-0.25, -0.2) is 8.42 Å². The summed E-state index contributed by atoms with van der Waals surface area (Å²) in [5.74, 6) is 0.713. The van der Waals surface area contributed by atoms with Crippen molar-refractivity contribution in [3.8, 4) is 11.5 Å². The minimum atomic E-state index is -4.09. The van der Waals surface area contributed by atoms with Crippen LogP contribution in [0.4, 0.5) is 5.69 Å². The fraction of sp³-hybridized carbons (Fsp3) is 0.136. The average Bonchev–Trinajstić information content (AvgIpc) is 3.26. The van der Waals surface area contributed by atoms with Crippen molar-refractivity contribution in [1.29, 1.82) is 0 Å². The Morgan fingerprint density at radius 2 is 1.72 bits per heavy atom. The summed E-state index contributed by atoms with van der Waals surface area (Å²) in [7, 11) is -4.09. The number of halogens is 2. The first-order valence-electron chi connectivity index (χ1n) is 9.52. The van der Waals surface area contributed by atoms with E-state index in [9.17, 15) is 13.2 Å². The normalized spacial score (nSPS) is 12.4. The predicted octanol–water partition coefficient (Wildman–Crippen LogP) is 4.23. The van der Waals surface area contributed by atoms with Gasteiger partial charge in [0.15, 0.2) is 11.5 Å². The van der Waals surface area contributed by atoms with E-state index in [2.05, 4.69) is 5.32 Å². The van der Waals surface area contributed by atoms with E-state index in [0.717, 1.165) is 9.87 Å². The van der Waals surface area contributed by atoms with Crippen molar-refractivity contribution in [2.75, 3.05) is 17.6 Å². The molecule has 1 amide bonds. The molecule has 1 heterocycles. The summed E-state index contributed by atoms with van der Waals surface area (Å²) in [4.78, 5) is 12.8. The van der Waals surface area contributed by atoms with Crippen LogP contribution < -0.4 is 19.1 Å². The molecule has 7 nitrogen and oxygen atoms in total. The molecular formula is C22H18Cl2N2O5S. The summed E-state index contributed by atoms with van der Waals surface area (Å²) < 4.78 is 38.3. The maximum absolute atomic E-state index is 13.3. The van der Waals surface area contributed by atoms with Gasteiger partial charge in [-0.3, -0.25) is 9.10 Å². The molecule has 0 unspecified atom stereocenters. The van der Waals surface area contributed by atoms with Crippen LogP contribution in [0.2, 0.25) is 10.0 Å². The molecule has 3 aromatic carbocycles. The highest BCUT2D eigenvalue weighted by Crippen LogP contribution is 2.34. The topological polar surface area (TPSA) is 84.9 Å². The van der Waals surface area contributed by atoms with Gasteiger partial charge in [-0.05, 0) is 48.0 Å². The van der Waals surface area contributed by atoms with Gasteiger partial charge in [-0.1, -0.05) is 47.5 Å². The zero-order chi connectivity index (χ0) is 22.7. The molecule has 0 fully saturated rings. The third-order valence-electron chi connectivity index (χ3n) is 4.72. The van der Waals surface area contributed by atoms with Gasteiger partial charge in [0.05, 0.1) is 15.6 Å². The highest BCUT2D eigenvalue weighted by Gasteiger charge is 2.29. The average molecular weight is 493 g/mol. The third kappa shape index (κ3) is 4.77. The highest BCUT2D eigenvalue weighted by atomic mass is 35.5. The molecule has 0 radical (unpaired) electrons. The van der Waals surface area contributed by atoms with E-state index in [1.165, 1.54) is 24.3 Å². The van der Waals surface area contributed by atoms with Gasteiger partial charge in [0.25, 0.3) is 10.0 Å². The first-order valence-corrected chi connectivity index (χ1v) is 11.7. The summed E-state index contributed by atoms with van der Waals surface area (Å²) in [5, 5.41) is 3.17. The Labute approximate surface area is 195 Å². The van der Waals surface area contributed by atoms with Crippen LogP contribution in [0.15, 0.2) is 71.6 Å². The summed E-state index contributed by atoms with van der Waals surface area (Å²) in [6.07, 6.45) is 0. The van der Waals surface area contributed by atoms with Crippen LogP contribution in [0.1, 0.15) is 5.56 Å². The lowest BCUT2D eigenvalue weighted by atomic mass is 10.2. The second kappa shape index (κ2) is 9.28. The predicted molar refractivity (Wildman–Crippen MR) is 122 cm³/mol. The number of hydrogen-bond acceptors (Lipinski definition) is 5. The first kappa shape index (κ1) is 22.3. The largest absolute Gasteiger partial charge is 0.454 e. The van der Waals surface area contributed by atoms with Gasteiger partial charge in [0.2, 0.25) is 12.7 Å². The van der Waals surface area contributed by atoms with Crippen molar-refractivity contribution in [3.63, 3.8) is 0 Å². The molecule has 0 saturated carbocycles. The van der Waals surface area contributed by atoms with Gasteiger partial charge >= 0.3 is 0 Å². The van der Waals surface area contributed by atoms with Gasteiger partial charge < -0.3 is 14.8 Å². The van der Waals surface area contributed by atoms with Crippen LogP contribution in [0.25, 0.3) is 0 Å². The quantitative estimate of drug-likeness (QED) is 0.533. The summed E-state index contributed by atoms with van der Waals surface area (Å²) >= 11 is 12.4. The Hall–Kier alpha value is -2.94. The number of carbonyl (C=O) groups excluding carboxylic acids is 1. The Kier molecular flexibility index (Phi) is 6.45. The molecule has 10 heteroatoms. The lowest BCUT2D eigenvalue weighted by molar-refractivity contribution is -0.119. The smallest absolute Gasteiger partial charge is 0.264 e. The van der Waals surface area contributed by atoms with E-state index in [1.807, 2.05) is 0 Å². The number of carbonyl (C=O) groups is 1. The molecule has 0 aliphatic carbocycles. The van der Waals surface area contributed by atoms with E-state index in [1.54, 1.807) is 42.5 Å². The second-order valence-corrected chi connectivity index (χ2v) is 9.59. The van der Waals surface area contributed by atoms with Crippen molar-refractivity contribution in [1.82, 2.24) is 5.32 Å². The first-order chi connectivity index (χ1) is 15.3. The fourth-order valence-corrected chi connectivity index (χ4v) is 5.02. The Morgan fingerprint density at radius 3 is 2.50 bits per heavy atom. The third-order valence-corrected chi connectivity index (χ3v) is 7.05. The van der Waals surface area contributed by atoms with Gasteiger partial charge in [-0.2, -0.15) is 0 Å². The Bertz CT molecular complexity index is 1250. The Morgan fingerprint density at radius 1 is 0.969 bits per heavy atom. The van der Waals surface area contributed by atoms with Crippen molar-refractivity contribution in [3.05, 3.63) is 82.3 Å². The van der Waals surface area contributed by atoms with Gasteiger partial charge in [-0.15, -0.1) is 0 Å².